The molecular formula is C5HBrF6N2O. The summed E-state index contributed by atoms with van der Waals surface area (Å²) in [4.78, 5) is -0.545. The number of hydrogen-bond acceptors (Lipinski definition) is 3. The second-order valence-corrected chi connectivity index (χ2v) is 3.09. The number of rotatable bonds is 1. The number of aromatic nitrogens is 2. The smallest absolute Gasteiger partial charge is 0.409 e. The molecule has 15 heavy (non-hydrogen) atoms. The Morgan fingerprint density at radius 2 is 1.47 bits per heavy atom. The Morgan fingerprint density at radius 3 is 1.73 bits per heavy atom. The summed E-state index contributed by atoms with van der Waals surface area (Å²) < 4.78 is 76.3. The Morgan fingerprint density at radius 1 is 1.00 bits per heavy atom. The van der Waals surface area contributed by atoms with Crippen molar-refractivity contribution in [1.82, 2.24) is 10.2 Å². The van der Waals surface area contributed by atoms with Gasteiger partial charge in [0.15, 0.2) is 0 Å². The van der Waals surface area contributed by atoms with Gasteiger partial charge in [-0.3, -0.25) is 0 Å². The molecule has 0 aliphatic rings. The van der Waals surface area contributed by atoms with Crippen LogP contribution in [-0.2, 0) is 0 Å². The third kappa shape index (κ3) is 2.83. The zero-order valence-electron chi connectivity index (χ0n) is 6.53. The normalized spacial score (nSPS) is 13.6. The summed E-state index contributed by atoms with van der Waals surface area (Å²) in [6, 6.07) is 0. The molecule has 0 unspecified atom stereocenters. The van der Waals surface area contributed by atoms with Gasteiger partial charge in [0.25, 0.3) is 4.80 Å². The lowest BCUT2D eigenvalue weighted by molar-refractivity contribution is -0.258. The molecule has 1 aromatic rings. The van der Waals surface area contributed by atoms with E-state index < -0.39 is 29.0 Å². The van der Waals surface area contributed by atoms with E-state index in [2.05, 4.69) is 30.5 Å². The van der Waals surface area contributed by atoms with Crippen LogP contribution in [0.1, 0.15) is 11.8 Å². The molecule has 0 aromatic carbocycles. The van der Waals surface area contributed by atoms with Crippen molar-refractivity contribution in [3.05, 3.63) is 10.7 Å². The molecule has 3 nitrogen and oxygen atoms in total. The van der Waals surface area contributed by atoms with E-state index in [0.29, 0.717) is 0 Å². The van der Waals surface area contributed by atoms with Crippen molar-refractivity contribution < 1.29 is 30.8 Å². The predicted molar refractivity (Wildman–Crippen MR) is 36.8 cm³/mol. The van der Waals surface area contributed by atoms with E-state index >= 15 is 0 Å². The van der Waals surface area contributed by atoms with Crippen molar-refractivity contribution in [3.8, 4) is 0 Å². The summed E-state index contributed by atoms with van der Waals surface area (Å²) in [5.41, 5.74) is 0. The van der Waals surface area contributed by atoms with E-state index in [4.69, 9.17) is 0 Å². The van der Waals surface area contributed by atoms with Crippen LogP contribution >= 0.6 is 15.9 Å². The topological polar surface area (TPSA) is 38.9 Å². The molecule has 0 saturated heterocycles. The standard InChI is InChI=1S/C5HBrF6N2O/c6-3-14-13-2(15-3)1(4(7,8)9)5(10,11)12/h1H. The highest BCUT2D eigenvalue weighted by Gasteiger charge is 2.60. The van der Waals surface area contributed by atoms with Crippen molar-refractivity contribution in [1.29, 1.82) is 0 Å². The maximum Gasteiger partial charge on any atom is 0.409 e. The molecule has 0 spiro atoms. The minimum atomic E-state index is -5.52. The van der Waals surface area contributed by atoms with Crippen LogP contribution in [0.5, 0.6) is 0 Å². The van der Waals surface area contributed by atoms with Crippen molar-refractivity contribution >= 4 is 15.9 Å². The van der Waals surface area contributed by atoms with Crippen LogP contribution in [0.3, 0.4) is 0 Å². The van der Waals surface area contributed by atoms with Gasteiger partial charge in [-0.15, -0.1) is 10.2 Å². The van der Waals surface area contributed by atoms with Gasteiger partial charge >= 0.3 is 12.4 Å². The quantitative estimate of drug-likeness (QED) is 0.748. The van der Waals surface area contributed by atoms with Crippen LogP contribution in [0.15, 0.2) is 9.22 Å². The first kappa shape index (κ1) is 12.3. The molecule has 86 valence electrons. The molecule has 1 aromatic heterocycles. The summed E-state index contributed by atoms with van der Waals surface area (Å²) in [7, 11) is 0. The van der Waals surface area contributed by atoms with Gasteiger partial charge in [0.1, 0.15) is 0 Å². The van der Waals surface area contributed by atoms with E-state index in [1.165, 1.54) is 0 Å². The molecule has 1 rings (SSSR count). The zero-order chi connectivity index (χ0) is 11.9. The fraction of sp³-hybridized carbons (Fsp3) is 0.600. The third-order valence-electron chi connectivity index (χ3n) is 1.32. The minimum Gasteiger partial charge on any atom is -0.415 e. The lowest BCUT2D eigenvalue weighted by Gasteiger charge is -2.19. The average Bonchev–Trinajstić information content (AvgIpc) is 2.28. The highest BCUT2D eigenvalue weighted by molar-refractivity contribution is 9.10. The van der Waals surface area contributed by atoms with E-state index in [9.17, 15) is 26.3 Å². The minimum absolute atomic E-state index is 0.545. The van der Waals surface area contributed by atoms with Crippen molar-refractivity contribution in [2.45, 2.75) is 18.3 Å². The predicted octanol–water partition coefficient (Wildman–Crippen LogP) is 3.04. The van der Waals surface area contributed by atoms with Gasteiger partial charge in [-0.05, 0) is 0 Å². The van der Waals surface area contributed by atoms with Gasteiger partial charge < -0.3 is 4.42 Å². The summed E-state index contributed by atoms with van der Waals surface area (Å²) in [5, 5.41) is 5.51. The Kier molecular flexibility index (Phi) is 2.99. The largest absolute Gasteiger partial charge is 0.415 e. The SMILES string of the molecule is FC(F)(F)C(c1nnc(Br)o1)C(F)(F)F. The Balaban J connectivity index is 3.14. The van der Waals surface area contributed by atoms with Crippen LogP contribution in [0.25, 0.3) is 0 Å². The molecule has 0 N–H and O–H groups in total. The fourth-order valence-corrected chi connectivity index (χ4v) is 1.04. The second kappa shape index (κ2) is 3.65. The number of hydrogen-bond donors (Lipinski definition) is 0. The lowest BCUT2D eigenvalue weighted by Crippen LogP contribution is -2.34. The first-order valence-electron chi connectivity index (χ1n) is 3.24. The molecule has 0 atom stereocenters. The van der Waals surface area contributed by atoms with Gasteiger partial charge in [-0.1, -0.05) is 0 Å². The van der Waals surface area contributed by atoms with E-state index in [0.717, 1.165) is 0 Å². The van der Waals surface area contributed by atoms with Gasteiger partial charge in [-0.2, -0.15) is 26.3 Å². The molecule has 10 heteroatoms. The highest BCUT2D eigenvalue weighted by atomic mass is 79.9. The van der Waals surface area contributed by atoms with Crippen LogP contribution in [0.4, 0.5) is 26.3 Å². The molecule has 0 saturated carbocycles. The zero-order valence-corrected chi connectivity index (χ0v) is 8.11. The molecule has 1 heterocycles. The van der Waals surface area contributed by atoms with Gasteiger partial charge in [0, 0.05) is 15.9 Å². The third-order valence-corrected chi connectivity index (χ3v) is 1.64. The lowest BCUT2D eigenvalue weighted by atomic mass is 10.1. The number of alkyl halides is 6. The molecule has 0 bridgehead atoms. The molecular weight excluding hydrogens is 298 g/mol. The first-order chi connectivity index (χ1) is 6.62. The first-order valence-corrected chi connectivity index (χ1v) is 4.04. The van der Waals surface area contributed by atoms with E-state index in [1.54, 1.807) is 0 Å². The van der Waals surface area contributed by atoms with Crippen LogP contribution < -0.4 is 0 Å². The van der Waals surface area contributed by atoms with Crippen molar-refractivity contribution in [2.24, 2.45) is 0 Å². The molecule has 0 aliphatic carbocycles. The van der Waals surface area contributed by atoms with Crippen LogP contribution in [0, 0.1) is 0 Å². The molecule has 0 fully saturated rings. The Hall–Kier alpha value is -0.800. The maximum absolute atomic E-state index is 12.0. The summed E-state index contributed by atoms with van der Waals surface area (Å²) in [5.74, 6) is -5.30. The molecule has 0 aliphatic heterocycles. The monoisotopic (exact) mass is 298 g/mol. The summed E-state index contributed by atoms with van der Waals surface area (Å²) in [6.07, 6.45) is -11.0. The highest BCUT2D eigenvalue weighted by Crippen LogP contribution is 2.45. The number of halogens is 7. The van der Waals surface area contributed by atoms with E-state index in [-0.39, 0.29) is 0 Å². The van der Waals surface area contributed by atoms with Crippen LogP contribution in [-0.4, -0.2) is 22.5 Å². The Labute approximate surface area is 86.6 Å². The van der Waals surface area contributed by atoms with Crippen molar-refractivity contribution in [3.63, 3.8) is 0 Å². The average molecular weight is 299 g/mol. The number of nitrogens with zero attached hydrogens (tertiary/aromatic N) is 2. The molecule has 0 radical (unpaired) electrons. The van der Waals surface area contributed by atoms with Gasteiger partial charge in [0.05, 0.1) is 0 Å². The Bertz CT molecular complexity index is 330. The van der Waals surface area contributed by atoms with E-state index in [1.807, 2.05) is 0 Å². The van der Waals surface area contributed by atoms with Crippen molar-refractivity contribution in [2.75, 3.05) is 0 Å². The summed E-state index contributed by atoms with van der Waals surface area (Å²) in [6.45, 7) is 0. The maximum atomic E-state index is 12.0. The van der Waals surface area contributed by atoms with Gasteiger partial charge in [0.2, 0.25) is 11.8 Å². The molecule has 0 amide bonds. The van der Waals surface area contributed by atoms with Crippen LogP contribution in [0.2, 0.25) is 0 Å². The second-order valence-electron chi connectivity index (χ2n) is 2.41. The fourth-order valence-electron chi connectivity index (χ4n) is 0.798. The van der Waals surface area contributed by atoms with Gasteiger partial charge in [-0.25, -0.2) is 0 Å². The summed E-state index contributed by atoms with van der Waals surface area (Å²) >= 11 is 2.46.